The molecule has 0 saturated carbocycles. The molecule has 0 aliphatic carbocycles. The molecule has 0 bridgehead atoms. The van der Waals surface area contributed by atoms with E-state index in [1.54, 1.807) is 0 Å². The van der Waals surface area contributed by atoms with Crippen LogP contribution in [0.15, 0.2) is 54.2 Å². The van der Waals surface area contributed by atoms with Crippen LogP contribution >= 0.6 is 0 Å². The molecule has 2 aliphatic rings. The summed E-state index contributed by atoms with van der Waals surface area (Å²) in [5.74, 6) is 0.357. The third-order valence-corrected chi connectivity index (χ3v) is 5.55. The van der Waals surface area contributed by atoms with E-state index in [4.69, 9.17) is 4.74 Å². The topological polar surface area (TPSA) is 49.9 Å². The molecular formula is C25H28N2O3. The van der Waals surface area contributed by atoms with Gasteiger partial charge in [0.25, 0.3) is 11.8 Å². The van der Waals surface area contributed by atoms with Crippen molar-refractivity contribution in [3.05, 3.63) is 65.4 Å². The first-order valence-electron chi connectivity index (χ1n) is 10.7. The first-order valence-corrected chi connectivity index (χ1v) is 10.7. The van der Waals surface area contributed by atoms with Gasteiger partial charge in [-0.05, 0) is 56.0 Å². The van der Waals surface area contributed by atoms with E-state index in [1.807, 2.05) is 61.2 Å². The Hall–Kier alpha value is -3.08. The second-order valence-corrected chi connectivity index (χ2v) is 8.06. The van der Waals surface area contributed by atoms with E-state index in [2.05, 4.69) is 13.0 Å². The van der Waals surface area contributed by atoms with Gasteiger partial charge in [0, 0.05) is 18.8 Å². The monoisotopic (exact) mass is 404 g/mol. The van der Waals surface area contributed by atoms with Crippen LogP contribution in [-0.4, -0.2) is 35.9 Å². The number of amides is 2. The van der Waals surface area contributed by atoms with Crippen LogP contribution in [0.2, 0.25) is 0 Å². The van der Waals surface area contributed by atoms with Crippen LogP contribution in [0.4, 0.5) is 5.69 Å². The Balaban J connectivity index is 1.77. The number of unbranched alkanes of at least 4 members (excludes halogenated alkanes) is 1. The molecule has 5 heteroatoms. The number of carbonyl (C=O) groups excluding carboxylic acids is 2. The van der Waals surface area contributed by atoms with Crippen LogP contribution < -0.4 is 9.64 Å². The Labute approximate surface area is 177 Å². The van der Waals surface area contributed by atoms with Crippen molar-refractivity contribution in [2.75, 3.05) is 18.0 Å². The minimum atomic E-state index is -0.203. The van der Waals surface area contributed by atoms with Crippen molar-refractivity contribution in [3.63, 3.8) is 0 Å². The number of fused-ring (bicyclic) bond motifs is 1. The molecule has 30 heavy (non-hydrogen) atoms. The van der Waals surface area contributed by atoms with Gasteiger partial charge in [0.1, 0.15) is 11.4 Å². The van der Waals surface area contributed by atoms with Gasteiger partial charge in [-0.25, -0.2) is 0 Å². The number of hydrogen-bond donors (Lipinski definition) is 0. The SMILES string of the molecule is CCCCN1C(=O)C(c2ccc(OC(C)C)cc2)=C(N2CCc3ccccc32)C1=O. The molecule has 0 fully saturated rings. The van der Waals surface area contributed by atoms with Crippen LogP contribution in [0.25, 0.3) is 5.57 Å². The Kier molecular flexibility index (Phi) is 5.62. The third kappa shape index (κ3) is 3.60. The summed E-state index contributed by atoms with van der Waals surface area (Å²) < 4.78 is 5.74. The molecule has 5 nitrogen and oxygen atoms in total. The number of nitrogens with zero attached hydrogens (tertiary/aromatic N) is 2. The Morgan fingerprint density at radius 2 is 1.73 bits per heavy atom. The van der Waals surface area contributed by atoms with E-state index in [9.17, 15) is 9.59 Å². The summed E-state index contributed by atoms with van der Waals surface area (Å²) in [5, 5.41) is 0. The Morgan fingerprint density at radius 3 is 2.43 bits per heavy atom. The highest BCUT2D eigenvalue weighted by Crippen LogP contribution is 2.38. The van der Waals surface area contributed by atoms with Crippen molar-refractivity contribution in [1.29, 1.82) is 0 Å². The number of ether oxygens (including phenoxy) is 1. The van der Waals surface area contributed by atoms with Crippen LogP contribution in [0.5, 0.6) is 5.75 Å². The lowest BCUT2D eigenvalue weighted by atomic mass is 10.0. The van der Waals surface area contributed by atoms with Crippen LogP contribution in [-0.2, 0) is 16.0 Å². The molecule has 0 N–H and O–H groups in total. The second-order valence-electron chi connectivity index (χ2n) is 8.06. The summed E-state index contributed by atoms with van der Waals surface area (Å²) in [6.07, 6.45) is 2.67. The maximum Gasteiger partial charge on any atom is 0.278 e. The van der Waals surface area contributed by atoms with Crippen molar-refractivity contribution in [1.82, 2.24) is 4.90 Å². The number of para-hydroxylation sites is 1. The predicted molar refractivity (Wildman–Crippen MR) is 118 cm³/mol. The molecule has 4 rings (SSSR count). The van der Waals surface area contributed by atoms with Gasteiger partial charge in [-0.2, -0.15) is 0 Å². The van der Waals surface area contributed by atoms with Crippen LogP contribution in [0, 0.1) is 0 Å². The van der Waals surface area contributed by atoms with Crippen LogP contribution in [0.3, 0.4) is 0 Å². The maximum atomic E-state index is 13.4. The van der Waals surface area contributed by atoms with Gasteiger partial charge in [-0.15, -0.1) is 0 Å². The quantitative estimate of drug-likeness (QED) is 0.641. The highest BCUT2D eigenvalue weighted by molar-refractivity contribution is 6.36. The average Bonchev–Trinajstić information content (AvgIpc) is 3.25. The zero-order valence-corrected chi connectivity index (χ0v) is 17.9. The molecule has 2 aromatic rings. The summed E-state index contributed by atoms with van der Waals surface area (Å²) in [7, 11) is 0. The molecule has 0 aromatic heterocycles. The number of benzene rings is 2. The van der Waals surface area contributed by atoms with Gasteiger partial charge in [0.2, 0.25) is 0 Å². The number of hydrogen-bond acceptors (Lipinski definition) is 4. The number of rotatable bonds is 7. The third-order valence-electron chi connectivity index (χ3n) is 5.55. The van der Waals surface area contributed by atoms with Crippen molar-refractivity contribution in [2.24, 2.45) is 0 Å². The zero-order valence-electron chi connectivity index (χ0n) is 17.9. The molecule has 0 saturated heterocycles. The Bertz CT molecular complexity index is 992. The second kappa shape index (κ2) is 8.34. The van der Waals surface area contributed by atoms with E-state index in [0.29, 0.717) is 24.4 Å². The van der Waals surface area contributed by atoms with Gasteiger partial charge in [0.15, 0.2) is 0 Å². The van der Waals surface area contributed by atoms with Gasteiger partial charge in [-0.3, -0.25) is 14.5 Å². The normalized spacial score (nSPS) is 16.1. The first kappa shape index (κ1) is 20.2. The predicted octanol–water partition coefficient (Wildman–Crippen LogP) is 4.42. The molecule has 2 aliphatic heterocycles. The lowest BCUT2D eigenvalue weighted by Crippen LogP contribution is -2.35. The van der Waals surface area contributed by atoms with Crippen molar-refractivity contribution in [3.8, 4) is 5.75 Å². The molecule has 0 atom stereocenters. The molecule has 0 spiro atoms. The summed E-state index contributed by atoms with van der Waals surface area (Å²) in [4.78, 5) is 30.2. The van der Waals surface area contributed by atoms with Crippen molar-refractivity contribution >= 4 is 23.1 Å². The first-order chi connectivity index (χ1) is 14.5. The fourth-order valence-electron chi connectivity index (χ4n) is 4.14. The largest absolute Gasteiger partial charge is 0.491 e. The highest BCUT2D eigenvalue weighted by atomic mass is 16.5. The lowest BCUT2D eigenvalue weighted by Gasteiger charge is -2.21. The molecule has 0 unspecified atom stereocenters. The minimum Gasteiger partial charge on any atom is -0.491 e. The van der Waals surface area contributed by atoms with E-state index in [1.165, 1.54) is 10.5 Å². The number of anilines is 1. The van der Waals surface area contributed by atoms with Gasteiger partial charge in [-0.1, -0.05) is 43.7 Å². The smallest absolute Gasteiger partial charge is 0.278 e. The molecule has 2 heterocycles. The number of carbonyl (C=O) groups is 2. The van der Waals surface area contributed by atoms with Crippen LogP contribution in [0.1, 0.15) is 44.7 Å². The van der Waals surface area contributed by atoms with Gasteiger partial charge >= 0.3 is 0 Å². The van der Waals surface area contributed by atoms with Crippen molar-refractivity contribution in [2.45, 2.75) is 46.1 Å². The molecule has 156 valence electrons. The molecular weight excluding hydrogens is 376 g/mol. The standard InChI is InChI=1S/C25H28N2O3/c1-4-5-15-27-24(28)22(19-10-12-20(13-11-19)30-17(2)3)23(25(27)29)26-16-14-18-8-6-7-9-21(18)26/h6-13,17H,4-5,14-16H2,1-3H3. The minimum absolute atomic E-state index is 0.0750. The van der Waals surface area contributed by atoms with Crippen molar-refractivity contribution < 1.29 is 14.3 Å². The van der Waals surface area contributed by atoms with Gasteiger partial charge < -0.3 is 9.64 Å². The van der Waals surface area contributed by atoms with Gasteiger partial charge in [0.05, 0.1) is 11.7 Å². The average molecular weight is 405 g/mol. The summed E-state index contributed by atoms with van der Waals surface area (Å²) in [5.41, 5.74) is 3.96. The molecule has 2 amide bonds. The van der Waals surface area contributed by atoms with E-state index in [0.717, 1.165) is 36.3 Å². The fraction of sp³-hybridized carbons (Fsp3) is 0.360. The summed E-state index contributed by atoms with van der Waals surface area (Å²) in [6, 6.07) is 15.6. The van der Waals surface area contributed by atoms with E-state index < -0.39 is 0 Å². The molecule has 0 radical (unpaired) electrons. The lowest BCUT2D eigenvalue weighted by molar-refractivity contribution is -0.136. The summed E-state index contributed by atoms with van der Waals surface area (Å²) in [6.45, 7) is 7.16. The zero-order chi connectivity index (χ0) is 21.3. The highest BCUT2D eigenvalue weighted by Gasteiger charge is 2.42. The maximum absolute atomic E-state index is 13.4. The Morgan fingerprint density at radius 1 is 1.00 bits per heavy atom. The van der Waals surface area contributed by atoms with E-state index >= 15 is 0 Å². The fourth-order valence-corrected chi connectivity index (χ4v) is 4.14. The molecule has 2 aromatic carbocycles. The summed E-state index contributed by atoms with van der Waals surface area (Å²) >= 11 is 0. The number of imide groups is 1. The van der Waals surface area contributed by atoms with E-state index in [-0.39, 0.29) is 17.9 Å².